The van der Waals surface area contributed by atoms with Crippen LogP contribution in [0.15, 0.2) is 48.5 Å². The quantitative estimate of drug-likeness (QED) is 0.630. The zero-order valence-corrected chi connectivity index (χ0v) is 12.4. The van der Waals surface area contributed by atoms with Gasteiger partial charge in [0.2, 0.25) is 0 Å². The molecule has 2 aromatic carbocycles. The van der Waals surface area contributed by atoms with Crippen molar-refractivity contribution in [2.24, 2.45) is 0 Å². The Balaban J connectivity index is 1.67. The van der Waals surface area contributed by atoms with Gasteiger partial charge in [0.05, 0.1) is 0 Å². The lowest BCUT2D eigenvalue weighted by Gasteiger charge is -2.16. The molecule has 0 amide bonds. The number of rotatable bonds is 3. The van der Waals surface area contributed by atoms with E-state index in [0.29, 0.717) is 11.3 Å². The maximum absolute atomic E-state index is 13.1. The number of nitrogens with one attached hydrogen (secondary N) is 3. The van der Waals surface area contributed by atoms with Crippen molar-refractivity contribution in [3.05, 3.63) is 65.5 Å². The van der Waals surface area contributed by atoms with E-state index in [0.717, 1.165) is 5.56 Å². The molecule has 0 spiro atoms. The predicted octanol–water partition coefficient (Wildman–Crippen LogP) is 0.996. The van der Waals surface area contributed by atoms with Crippen LogP contribution in [-0.4, -0.2) is 23.3 Å². The molecule has 24 heavy (non-hydrogen) atoms. The third-order valence-corrected chi connectivity index (χ3v) is 3.30. The molecule has 1 saturated heterocycles. The second kappa shape index (κ2) is 7.10. The first-order valence-corrected chi connectivity index (χ1v) is 7.15. The average Bonchev–Trinajstić information content (AvgIpc) is 3.03. The normalized spacial score (nSPS) is 19.4. The molecule has 2 atom stereocenters. The molecule has 0 bridgehead atoms. The van der Waals surface area contributed by atoms with Gasteiger partial charge in [-0.2, -0.15) is 5.53 Å². The topological polar surface area (TPSA) is 82.6 Å². The van der Waals surface area contributed by atoms with Crippen molar-refractivity contribution in [3.8, 4) is 17.6 Å². The van der Waals surface area contributed by atoms with Crippen molar-refractivity contribution in [3.63, 3.8) is 0 Å². The summed E-state index contributed by atoms with van der Waals surface area (Å²) in [5.74, 6) is 4.94. The molecular formula is C17H14FN3O3. The number of carboxylic acids is 1. The van der Waals surface area contributed by atoms with Crippen molar-refractivity contribution in [2.75, 3.05) is 0 Å². The summed E-state index contributed by atoms with van der Waals surface area (Å²) in [4.78, 5) is 11.0. The minimum absolute atomic E-state index is 0.329. The van der Waals surface area contributed by atoms with Gasteiger partial charge in [-0.05, 0) is 42.5 Å². The van der Waals surface area contributed by atoms with Gasteiger partial charge < -0.3 is 9.84 Å². The summed E-state index contributed by atoms with van der Waals surface area (Å²) in [6.07, 6.45) is -0.744. The fourth-order valence-electron chi connectivity index (χ4n) is 2.11. The minimum atomic E-state index is -1.03. The molecule has 0 aromatic heterocycles. The molecule has 2 aromatic rings. The van der Waals surface area contributed by atoms with E-state index in [2.05, 4.69) is 28.2 Å². The largest absolute Gasteiger partial charge is 0.480 e. The molecule has 0 saturated carbocycles. The number of carbonyl (C=O) groups is 1. The summed E-state index contributed by atoms with van der Waals surface area (Å²) < 4.78 is 18.7. The molecular weight excluding hydrogens is 313 g/mol. The molecule has 4 N–H and O–H groups in total. The summed E-state index contributed by atoms with van der Waals surface area (Å²) in [6, 6.07) is 12.0. The van der Waals surface area contributed by atoms with E-state index in [1.165, 1.54) is 12.1 Å². The van der Waals surface area contributed by atoms with Gasteiger partial charge in [0, 0.05) is 11.1 Å². The molecule has 1 aliphatic rings. The highest BCUT2D eigenvalue weighted by atomic mass is 19.1. The second-order valence-electron chi connectivity index (χ2n) is 5.05. The number of ether oxygens (including phenoxy) is 1. The van der Waals surface area contributed by atoms with Crippen LogP contribution < -0.4 is 21.1 Å². The summed E-state index contributed by atoms with van der Waals surface area (Å²) in [6.45, 7) is 0. The second-order valence-corrected chi connectivity index (χ2v) is 5.05. The van der Waals surface area contributed by atoms with E-state index in [4.69, 9.17) is 9.84 Å². The van der Waals surface area contributed by atoms with Gasteiger partial charge in [-0.25, -0.2) is 15.2 Å². The molecule has 6 nitrogen and oxygen atoms in total. The van der Waals surface area contributed by atoms with Crippen LogP contribution in [-0.2, 0) is 4.79 Å². The average molecular weight is 327 g/mol. The van der Waals surface area contributed by atoms with Gasteiger partial charge in [-0.3, -0.25) is 4.79 Å². The Hall–Kier alpha value is -2.92. The Morgan fingerprint density at radius 3 is 2.54 bits per heavy atom. The molecule has 1 heterocycles. The smallest absolute Gasteiger partial charge is 0.327 e. The van der Waals surface area contributed by atoms with Crippen molar-refractivity contribution < 1.29 is 19.0 Å². The summed E-state index contributed by atoms with van der Waals surface area (Å²) in [7, 11) is 0. The summed E-state index contributed by atoms with van der Waals surface area (Å²) in [5, 5.41) is 9.04. The first kappa shape index (κ1) is 16.0. The van der Waals surface area contributed by atoms with Crippen molar-refractivity contribution >= 4 is 5.97 Å². The fourth-order valence-corrected chi connectivity index (χ4v) is 2.11. The Labute approximate surface area is 137 Å². The van der Waals surface area contributed by atoms with Gasteiger partial charge >= 0.3 is 5.97 Å². The van der Waals surface area contributed by atoms with E-state index in [1.807, 2.05) is 0 Å². The van der Waals surface area contributed by atoms with Crippen LogP contribution >= 0.6 is 0 Å². The van der Waals surface area contributed by atoms with E-state index in [-0.39, 0.29) is 5.82 Å². The van der Waals surface area contributed by atoms with Crippen LogP contribution in [0, 0.1) is 17.7 Å². The molecule has 1 aliphatic heterocycles. The van der Waals surface area contributed by atoms with E-state index in [9.17, 15) is 9.18 Å². The third-order valence-electron chi connectivity index (χ3n) is 3.30. The standard InChI is InChI=1S/C17H14FN3O3/c18-13-3-1-2-12(10-13)5-4-11-6-8-14(9-7-11)24-16-15(17(22)23)19-21-20-16/h1-3,6-10,15-16,19-21H,(H,22,23). The molecule has 1 fully saturated rings. The zero-order valence-electron chi connectivity index (χ0n) is 12.4. The molecule has 0 radical (unpaired) electrons. The van der Waals surface area contributed by atoms with Crippen molar-refractivity contribution in [1.82, 2.24) is 16.4 Å². The van der Waals surface area contributed by atoms with Crippen LogP contribution in [0.3, 0.4) is 0 Å². The maximum Gasteiger partial charge on any atom is 0.327 e. The highest BCUT2D eigenvalue weighted by molar-refractivity contribution is 5.74. The van der Waals surface area contributed by atoms with Gasteiger partial charge in [0.1, 0.15) is 11.6 Å². The fraction of sp³-hybridized carbons (Fsp3) is 0.118. The van der Waals surface area contributed by atoms with E-state index >= 15 is 0 Å². The Kier molecular flexibility index (Phi) is 4.72. The minimum Gasteiger partial charge on any atom is -0.480 e. The summed E-state index contributed by atoms with van der Waals surface area (Å²) >= 11 is 0. The number of carboxylic acid groups (broad SMARTS) is 1. The van der Waals surface area contributed by atoms with Crippen LogP contribution in [0.1, 0.15) is 11.1 Å². The molecule has 2 unspecified atom stereocenters. The Morgan fingerprint density at radius 1 is 1.08 bits per heavy atom. The van der Waals surface area contributed by atoms with Gasteiger partial charge in [0.25, 0.3) is 0 Å². The van der Waals surface area contributed by atoms with Gasteiger partial charge in [0.15, 0.2) is 12.3 Å². The number of halogens is 1. The van der Waals surface area contributed by atoms with Crippen molar-refractivity contribution in [2.45, 2.75) is 12.3 Å². The number of aliphatic carboxylic acids is 1. The van der Waals surface area contributed by atoms with Crippen LogP contribution in [0.25, 0.3) is 0 Å². The molecule has 3 rings (SSSR count). The van der Waals surface area contributed by atoms with Gasteiger partial charge in [-0.1, -0.05) is 17.9 Å². The van der Waals surface area contributed by atoms with Crippen molar-refractivity contribution in [1.29, 1.82) is 0 Å². The predicted molar refractivity (Wildman–Crippen MR) is 84.1 cm³/mol. The van der Waals surface area contributed by atoms with Crippen LogP contribution in [0.4, 0.5) is 4.39 Å². The van der Waals surface area contributed by atoms with E-state index in [1.54, 1.807) is 36.4 Å². The number of hydrogen-bond donors (Lipinski definition) is 4. The highest BCUT2D eigenvalue weighted by Crippen LogP contribution is 2.15. The van der Waals surface area contributed by atoms with E-state index < -0.39 is 18.2 Å². The van der Waals surface area contributed by atoms with Crippen LogP contribution in [0.5, 0.6) is 5.75 Å². The van der Waals surface area contributed by atoms with Crippen LogP contribution in [0.2, 0.25) is 0 Å². The molecule has 122 valence electrons. The first-order valence-electron chi connectivity index (χ1n) is 7.15. The maximum atomic E-state index is 13.1. The zero-order chi connectivity index (χ0) is 16.9. The lowest BCUT2D eigenvalue weighted by Crippen LogP contribution is -2.44. The molecule has 0 aliphatic carbocycles. The van der Waals surface area contributed by atoms with Gasteiger partial charge in [-0.15, -0.1) is 0 Å². The SMILES string of the molecule is O=C(O)C1NNNC1Oc1ccc(C#Cc2cccc(F)c2)cc1. The number of hydrazine groups is 2. The summed E-state index contributed by atoms with van der Waals surface area (Å²) in [5.41, 5.74) is 9.06. The monoisotopic (exact) mass is 327 g/mol. The number of hydrogen-bond acceptors (Lipinski definition) is 5. The number of benzene rings is 2. The highest BCUT2D eigenvalue weighted by Gasteiger charge is 2.34. The molecule has 7 heteroatoms. The lowest BCUT2D eigenvalue weighted by molar-refractivity contribution is -0.141. The Morgan fingerprint density at radius 2 is 1.83 bits per heavy atom. The first-order chi connectivity index (χ1) is 11.6. The third kappa shape index (κ3) is 3.88. The lowest BCUT2D eigenvalue weighted by atomic mass is 10.2. The Bertz CT molecular complexity index is 799.